The van der Waals surface area contributed by atoms with Gasteiger partial charge in [0.15, 0.2) is 0 Å². The molecule has 0 aromatic rings. The van der Waals surface area contributed by atoms with Gasteiger partial charge in [0.25, 0.3) is 0 Å². The Labute approximate surface area is 129 Å². The van der Waals surface area contributed by atoms with Gasteiger partial charge in [0.1, 0.15) is 0 Å². The summed E-state index contributed by atoms with van der Waals surface area (Å²) in [7, 11) is 0. The lowest BCUT2D eigenvalue weighted by molar-refractivity contribution is -0.137. The molecule has 0 rings (SSSR count). The smallest absolute Gasteiger partial charge is 0.305 e. The molecule has 0 aliphatic heterocycles. The summed E-state index contributed by atoms with van der Waals surface area (Å²) in [4.78, 5) is 9.44. The number of carbonyl (C=O) groups is 1. The van der Waals surface area contributed by atoms with E-state index >= 15 is 0 Å². The van der Waals surface area contributed by atoms with Crippen LogP contribution >= 0.6 is 11.8 Å². The molecule has 0 radical (unpaired) electrons. The minimum absolute atomic E-state index is 0.153. The summed E-state index contributed by atoms with van der Waals surface area (Å²) in [5, 5.41) is 15.6. The van der Waals surface area contributed by atoms with Crippen LogP contribution in [-0.2, 0) is 4.79 Å². The number of rotatable bonds is 13. The molecule has 3 nitrogen and oxygen atoms in total. The van der Waals surface area contributed by atoms with Crippen LogP contribution in [0.2, 0.25) is 0 Å². The van der Waals surface area contributed by atoms with Crippen molar-refractivity contribution in [3.63, 3.8) is 0 Å². The maximum atomic E-state index is 9.44. The molecular weight excluding hydrogens is 272 g/mol. The van der Waals surface area contributed by atoms with Crippen molar-refractivity contribution in [3.8, 4) is 0 Å². The van der Waals surface area contributed by atoms with E-state index in [1.54, 1.807) is 0 Å². The van der Waals surface area contributed by atoms with Crippen molar-refractivity contribution in [1.29, 1.82) is 0 Å². The zero-order valence-electron chi connectivity index (χ0n) is 13.4. The van der Waals surface area contributed by atoms with Crippen LogP contribution in [0.1, 0.15) is 77.6 Å². The van der Waals surface area contributed by atoms with E-state index in [9.17, 15) is 4.79 Å². The molecule has 4 heteroatoms. The first-order valence-corrected chi connectivity index (χ1v) is 9.40. The number of hydrogen-bond donors (Lipinski definition) is 2. The van der Waals surface area contributed by atoms with Gasteiger partial charge in [-0.25, -0.2) is 0 Å². The highest BCUT2D eigenvalue weighted by Gasteiger charge is 1.91. The summed E-state index contributed by atoms with van der Waals surface area (Å²) in [5.41, 5.74) is 0. The van der Waals surface area contributed by atoms with Crippen molar-refractivity contribution in [2.45, 2.75) is 77.6 Å². The SMILES string of the molecule is CCCCCCCCCCCCSC.O=C(O)CCO. The summed E-state index contributed by atoms with van der Waals surface area (Å²) in [6.45, 7) is 2.01. The van der Waals surface area contributed by atoms with Gasteiger partial charge in [-0.15, -0.1) is 0 Å². The average molecular weight is 307 g/mol. The van der Waals surface area contributed by atoms with Gasteiger partial charge in [-0.2, -0.15) is 11.8 Å². The van der Waals surface area contributed by atoms with Crippen LogP contribution in [0.3, 0.4) is 0 Å². The summed E-state index contributed by atoms with van der Waals surface area (Å²) in [5.74, 6) is 0.397. The van der Waals surface area contributed by atoms with E-state index in [1.165, 1.54) is 70.0 Å². The molecule has 122 valence electrons. The second-order valence-corrected chi connectivity index (χ2v) is 6.03. The summed E-state index contributed by atoms with van der Waals surface area (Å²) in [6, 6.07) is 0. The molecule has 0 amide bonds. The van der Waals surface area contributed by atoms with Gasteiger partial charge in [0.2, 0.25) is 0 Å². The lowest BCUT2D eigenvalue weighted by Crippen LogP contribution is -1.96. The second kappa shape index (κ2) is 21.1. The van der Waals surface area contributed by atoms with Crippen molar-refractivity contribution < 1.29 is 15.0 Å². The van der Waals surface area contributed by atoms with Gasteiger partial charge in [0, 0.05) is 0 Å². The number of unbranched alkanes of at least 4 members (excludes halogenated alkanes) is 9. The molecule has 0 fully saturated rings. The molecule has 0 saturated heterocycles. The molecule has 0 atom stereocenters. The van der Waals surface area contributed by atoms with Gasteiger partial charge in [-0.3, -0.25) is 4.79 Å². The first-order chi connectivity index (χ1) is 9.68. The zero-order valence-corrected chi connectivity index (χ0v) is 14.2. The Balaban J connectivity index is 0. The summed E-state index contributed by atoms with van der Waals surface area (Å²) in [6.07, 6.45) is 16.6. The van der Waals surface area contributed by atoms with Crippen LogP contribution in [0.15, 0.2) is 0 Å². The quantitative estimate of drug-likeness (QED) is 0.483. The Morgan fingerprint density at radius 3 is 1.65 bits per heavy atom. The highest BCUT2D eigenvalue weighted by Crippen LogP contribution is 2.11. The van der Waals surface area contributed by atoms with E-state index in [4.69, 9.17) is 10.2 Å². The maximum absolute atomic E-state index is 9.44. The highest BCUT2D eigenvalue weighted by atomic mass is 32.2. The first kappa shape index (κ1) is 22.1. The highest BCUT2D eigenvalue weighted by molar-refractivity contribution is 7.98. The third-order valence-electron chi connectivity index (χ3n) is 3.03. The topological polar surface area (TPSA) is 57.5 Å². The van der Waals surface area contributed by atoms with Crippen LogP contribution in [-0.4, -0.2) is 34.8 Å². The number of aliphatic carboxylic acids is 1. The fourth-order valence-corrected chi connectivity index (χ4v) is 2.32. The number of carboxylic acids is 1. The Morgan fingerprint density at radius 2 is 1.35 bits per heavy atom. The van der Waals surface area contributed by atoms with Gasteiger partial charge < -0.3 is 10.2 Å². The van der Waals surface area contributed by atoms with Gasteiger partial charge in [-0.1, -0.05) is 64.7 Å². The summed E-state index contributed by atoms with van der Waals surface area (Å²) < 4.78 is 0. The fraction of sp³-hybridized carbons (Fsp3) is 0.938. The Kier molecular flexibility index (Phi) is 23.3. The van der Waals surface area contributed by atoms with Crippen LogP contribution in [0, 0.1) is 0 Å². The van der Waals surface area contributed by atoms with E-state index in [2.05, 4.69) is 13.2 Å². The number of hydrogen-bond acceptors (Lipinski definition) is 3. The Morgan fingerprint density at radius 1 is 0.900 bits per heavy atom. The molecule has 0 heterocycles. The Bertz CT molecular complexity index is 175. The van der Waals surface area contributed by atoms with Gasteiger partial charge in [-0.05, 0) is 18.4 Å². The van der Waals surface area contributed by atoms with E-state index < -0.39 is 5.97 Å². The number of aliphatic hydroxyl groups is 1. The maximum Gasteiger partial charge on any atom is 0.305 e. The standard InChI is InChI=1S/C13H28S.C3H6O3/c1-3-4-5-6-7-8-9-10-11-12-13-14-2;4-2-1-3(5)6/h3-13H2,1-2H3;4H,1-2H2,(H,5,6). The van der Waals surface area contributed by atoms with E-state index in [1.807, 2.05) is 11.8 Å². The predicted octanol–water partition coefficient (Wildman–Crippen LogP) is 4.72. The van der Waals surface area contributed by atoms with E-state index in [-0.39, 0.29) is 13.0 Å². The van der Waals surface area contributed by atoms with E-state index in [0.29, 0.717) is 0 Å². The van der Waals surface area contributed by atoms with Crippen molar-refractivity contribution >= 4 is 17.7 Å². The Hall–Kier alpha value is -0.220. The molecular formula is C16H34O3S. The molecule has 0 saturated carbocycles. The van der Waals surface area contributed by atoms with Crippen LogP contribution in [0.25, 0.3) is 0 Å². The summed E-state index contributed by atoms with van der Waals surface area (Å²) >= 11 is 1.98. The lowest BCUT2D eigenvalue weighted by Gasteiger charge is -2.01. The third-order valence-corrected chi connectivity index (χ3v) is 3.72. The fourth-order valence-electron chi connectivity index (χ4n) is 1.83. The number of carboxylic acid groups (broad SMARTS) is 1. The minimum atomic E-state index is -0.961. The minimum Gasteiger partial charge on any atom is -0.481 e. The number of thioether (sulfide) groups is 1. The lowest BCUT2D eigenvalue weighted by atomic mass is 10.1. The second-order valence-electron chi connectivity index (χ2n) is 5.04. The molecule has 0 aliphatic rings. The molecule has 0 bridgehead atoms. The molecule has 0 aliphatic carbocycles. The van der Waals surface area contributed by atoms with Crippen LogP contribution in [0.5, 0.6) is 0 Å². The first-order valence-electron chi connectivity index (χ1n) is 8.00. The van der Waals surface area contributed by atoms with Crippen molar-refractivity contribution in [2.75, 3.05) is 18.6 Å². The molecule has 0 aromatic heterocycles. The zero-order chi connectivity index (χ0) is 15.5. The van der Waals surface area contributed by atoms with Gasteiger partial charge in [0.05, 0.1) is 13.0 Å². The van der Waals surface area contributed by atoms with Crippen molar-refractivity contribution in [3.05, 3.63) is 0 Å². The van der Waals surface area contributed by atoms with Crippen molar-refractivity contribution in [2.24, 2.45) is 0 Å². The van der Waals surface area contributed by atoms with Crippen LogP contribution < -0.4 is 0 Å². The predicted molar refractivity (Wildman–Crippen MR) is 89.6 cm³/mol. The molecule has 0 spiro atoms. The largest absolute Gasteiger partial charge is 0.481 e. The van der Waals surface area contributed by atoms with Crippen LogP contribution in [0.4, 0.5) is 0 Å². The molecule has 0 unspecified atom stereocenters. The normalized spacial score (nSPS) is 9.95. The molecule has 20 heavy (non-hydrogen) atoms. The molecule has 2 N–H and O–H groups in total. The van der Waals surface area contributed by atoms with E-state index in [0.717, 1.165) is 0 Å². The monoisotopic (exact) mass is 306 g/mol. The number of aliphatic hydroxyl groups excluding tert-OH is 1. The van der Waals surface area contributed by atoms with Crippen molar-refractivity contribution in [1.82, 2.24) is 0 Å². The molecule has 0 aromatic carbocycles. The average Bonchev–Trinajstić information content (AvgIpc) is 2.41. The third kappa shape index (κ3) is 26.4. The van der Waals surface area contributed by atoms with Gasteiger partial charge >= 0.3 is 5.97 Å².